The molecule has 54 valence electrons. The van der Waals surface area contributed by atoms with E-state index < -0.39 is 0 Å². The Labute approximate surface area is 61.1 Å². The van der Waals surface area contributed by atoms with E-state index in [-0.39, 0.29) is 0 Å². The summed E-state index contributed by atoms with van der Waals surface area (Å²) in [6.45, 7) is 0. The molecule has 2 rings (SSSR count). The molecule has 2 heterocycles. The molecule has 0 fully saturated rings. The van der Waals surface area contributed by atoms with Crippen LogP contribution in [0.5, 0.6) is 0 Å². The topological polar surface area (TPSA) is 82.3 Å². The van der Waals surface area contributed by atoms with Crippen molar-refractivity contribution in [3.05, 3.63) is 18.5 Å². The fraction of sp³-hybridized carbons (Fsp3) is 0. The highest BCUT2D eigenvalue weighted by Gasteiger charge is 1.98. The summed E-state index contributed by atoms with van der Waals surface area (Å²) in [7, 11) is 0. The highest BCUT2D eigenvalue weighted by atomic mass is 15.7. The quantitative estimate of drug-likeness (QED) is 0.509. The Kier molecular flexibility index (Phi) is 1.26. The average molecular weight is 149 g/mol. The molecular formula is C4H3N7. The van der Waals surface area contributed by atoms with Gasteiger partial charge in [-0.05, 0) is 26.9 Å². The molecule has 11 heavy (non-hydrogen) atoms. The molecule has 7 nitrogen and oxygen atoms in total. The zero-order valence-corrected chi connectivity index (χ0v) is 5.36. The predicted octanol–water partition coefficient (Wildman–Crippen LogP) is -1.15. The Morgan fingerprint density at radius 3 is 2.27 bits per heavy atom. The predicted molar refractivity (Wildman–Crippen MR) is 32.5 cm³/mol. The van der Waals surface area contributed by atoms with Crippen LogP contribution >= 0.6 is 0 Å². The van der Waals surface area contributed by atoms with Gasteiger partial charge in [-0.25, -0.2) is 9.97 Å². The van der Waals surface area contributed by atoms with Crippen molar-refractivity contribution in [2.24, 2.45) is 0 Å². The van der Waals surface area contributed by atoms with Gasteiger partial charge in [0.25, 0.3) is 5.95 Å². The lowest BCUT2D eigenvalue weighted by molar-refractivity contribution is 0.670. The number of aromatic nitrogens is 7. The SMILES string of the molecule is c1cnc(-n2nnnn2)nc1. The van der Waals surface area contributed by atoms with E-state index in [1.807, 2.05) is 0 Å². The van der Waals surface area contributed by atoms with Gasteiger partial charge in [0.05, 0.1) is 0 Å². The lowest BCUT2D eigenvalue weighted by Gasteiger charge is -1.90. The zero-order chi connectivity index (χ0) is 7.52. The maximum Gasteiger partial charge on any atom is 0.272 e. The molecule has 2 aromatic heterocycles. The van der Waals surface area contributed by atoms with Crippen LogP contribution in [0.3, 0.4) is 0 Å². The molecule has 0 aliphatic rings. The molecule has 0 N–H and O–H groups in total. The molecule has 0 amide bonds. The summed E-state index contributed by atoms with van der Waals surface area (Å²) in [5.41, 5.74) is 0. The van der Waals surface area contributed by atoms with Crippen molar-refractivity contribution in [2.45, 2.75) is 0 Å². The first-order valence-electron chi connectivity index (χ1n) is 2.85. The van der Waals surface area contributed by atoms with Gasteiger partial charge in [-0.2, -0.15) is 0 Å². The third-order valence-corrected chi connectivity index (χ3v) is 1.02. The standard InChI is InChI=1S/C4H3N7/c1-2-5-4(6-3-1)11-9-7-8-10-11/h1-3H. The third kappa shape index (κ3) is 1.02. The Bertz CT molecular complexity index is 313. The zero-order valence-electron chi connectivity index (χ0n) is 5.36. The van der Waals surface area contributed by atoms with Gasteiger partial charge in [0, 0.05) is 12.4 Å². The minimum atomic E-state index is 0.359. The van der Waals surface area contributed by atoms with Gasteiger partial charge in [0.15, 0.2) is 0 Å². The van der Waals surface area contributed by atoms with E-state index in [1.165, 1.54) is 0 Å². The lowest BCUT2D eigenvalue weighted by Crippen LogP contribution is -2.03. The summed E-state index contributed by atoms with van der Waals surface area (Å²) in [6, 6.07) is 1.70. The van der Waals surface area contributed by atoms with Crippen molar-refractivity contribution >= 4 is 0 Å². The molecule has 0 aliphatic heterocycles. The molecule has 0 saturated carbocycles. The molecule has 0 unspecified atom stereocenters. The van der Waals surface area contributed by atoms with Gasteiger partial charge in [-0.3, -0.25) is 0 Å². The summed E-state index contributed by atoms with van der Waals surface area (Å²) in [5.74, 6) is 0.359. The molecule has 0 saturated heterocycles. The van der Waals surface area contributed by atoms with Crippen molar-refractivity contribution in [2.75, 3.05) is 0 Å². The average Bonchev–Trinajstić information content (AvgIpc) is 2.58. The van der Waals surface area contributed by atoms with Crippen LogP contribution in [0.1, 0.15) is 0 Å². The maximum atomic E-state index is 3.87. The van der Waals surface area contributed by atoms with Crippen molar-refractivity contribution in [1.29, 1.82) is 0 Å². The lowest BCUT2D eigenvalue weighted by atomic mass is 10.7. The first-order valence-corrected chi connectivity index (χ1v) is 2.85. The number of nitrogens with zero attached hydrogens (tertiary/aromatic N) is 7. The Balaban J connectivity index is 2.46. The van der Waals surface area contributed by atoms with E-state index >= 15 is 0 Å². The summed E-state index contributed by atoms with van der Waals surface area (Å²) in [5, 5.41) is 13.6. The number of hydrogen-bond donors (Lipinski definition) is 0. The van der Waals surface area contributed by atoms with Crippen LogP contribution in [0.2, 0.25) is 0 Å². The second-order valence-electron chi connectivity index (χ2n) is 1.70. The van der Waals surface area contributed by atoms with E-state index in [2.05, 4.69) is 30.8 Å². The van der Waals surface area contributed by atoms with Crippen molar-refractivity contribution in [3.8, 4) is 5.95 Å². The third-order valence-electron chi connectivity index (χ3n) is 1.02. The molecule has 0 radical (unpaired) electrons. The van der Waals surface area contributed by atoms with Crippen molar-refractivity contribution in [1.82, 2.24) is 35.6 Å². The van der Waals surface area contributed by atoms with E-state index in [0.29, 0.717) is 5.95 Å². The molecule has 7 heteroatoms. The molecule has 0 aromatic carbocycles. The van der Waals surface area contributed by atoms with Crippen LogP contribution in [-0.2, 0) is 0 Å². The Hall–Kier alpha value is -1.92. The highest BCUT2D eigenvalue weighted by Crippen LogP contribution is 1.88. The van der Waals surface area contributed by atoms with E-state index in [0.717, 1.165) is 4.80 Å². The summed E-state index contributed by atoms with van der Waals surface area (Å²) >= 11 is 0. The highest BCUT2D eigenvalue weighted by molar-refractivity contribution is 5.01. The van der Waals surface area contributed by atoms with Crippen LogP contribution in [0.4, 0.5) is 0 Å². The summed E-state index contributed by atoms with van der Waals surface area (Å²) < 4.78 is 0. The first kappa shape index (κ1) is 5.83. The van der Waals surface area contributed by atoms with Gasteiger partial charge in [-0.1, -0.05) is 4.80 Å². The van der Waals surface area contributed by atoms with Crippen LogP contribution in [0.25, 0.3) is 5.95 Å². The van der Waals surface area contributed by atoms with E-state index in [1.54, 1.807) is 18.5 Å². The summed E-state index contributed by atoms with van der Waals surface area (Å²) in [6.07, 6.45) is 3.18. The van der Waals surface area contributed by atoms with E-state index in [4.69, 9.17) is 0 Å². The van der Waals surface area contributed by atoms with Crippen LogP contribution in [-0.4, -0.2) is 35.6 Å². The largest absolute Gasteiger partial charge is 0.272 e. The molecule has 0 spiro atoms. The second-order valence-corrected chi connectivity index (χ2v) is 1.70. The first-order chi connectivity index (χ1) is 5.47. The normalized spacial score (nSPS) is 9.82. The van der Waals surface area contributed by atoms with Gasteiger partial charge < -0.3 is 0 Å². The fourth-order valence-corrected chi connectivity index (χ4v) is 0.604. The molecular weight excluding hydrogens is 146 g/mol. The van der Waals surface area contributed by atoms with Gasteiger partial charge in [-0.15, -0.1) is 0 Å². The van der Waals surface area contributed by atoms with Gasteiger partial charge in [0.1, 0.15) is 0 Å². The number of rotatable bonds is 1. The number of hydrogen-bond acceptors (Lipinski definition) is 6. The molecule has 0 aliphatic carbocycles. The second kappa shape index (κ2) is 2.37. The van der Waals surface area contributed by atoms with Crippen LogP contribution in [0, 0.1) is 0 Å². The smallest absolute Gasteiger partial charge is 0.218 e. The van der Waals surface area contributed by atoms with E-state index in [9.17, 15) is 0 Å². The Morgan fingerprint density at radius 2 is 1.64 bits per heavy atom. The van der Waals surface area contributed by atoms with Crippen molar-refractivity contribution < 1.29 is 0 Å². The minimum absolute atomic E-state index is 0.359. The summed E-state index contributed by atoms with van der Waals surface area (Å²) in [4.78, 5) is 8.88. The molecule has 0 bridgehead atoms. The van der Waals surface area contributed by atoms with Crippen LogP contribution in [0.15, 0.2) is 18.5 Å². The van der Waals surface area contributed by atoms with Gasteiger partial charge in [0.2, 0.25) is 0 Å². The minimum Gasteiger partial charge on any atom is -0.218 e. The van der Waals surface area contributed by atoms with Crippen LogP contribution < -0.4 is 0 Å². The maximum absolute atomic E-state index is 3.87. The monoisotopic (exact) mass is 149 g/mol. The van der Waals surface area contributed by atoms with Gasteiger partial charge >= 0.3 is 0 Å². The van der Waals surface area contributed by atoms with Crippen molar-refractivity contribution in [3.63, 3.8) is 0 Å². The molecule has 2 aromatic rings. The molecule has 0 atom stereocenters. The fourth-order valence-electron chi connectivity index (χ4n) is 0.604. The Morgan fingerprint density at radius 1 is 1.00 bits per heavy atom.